The van der Waals surface area contributed by atoms with Crippen molar-refractivity contribution in [2.45, 2.75) is 25.8 Å². The Balaban J connectivity index is 2.02. The van der Waals surface area contributed by atoms with Gasteiger partial charge in [-0.3, -0.25) is 9.88 Å². The molecule has 1 fully saturated rings. The number of hydrogen-bond donors (Lipinski definition) is 0. The van der Waals surface area contributed by atoms with Crippen LogP contribution < -0.4 is 4.74 Å². The van der Waals surface area contributed by atoms with E-state index in [1.54, 1.807) is 13.3 Å². The Labute approximate surface area is 91.1 Å². The van der Waals surface area contributed by atoms with E-state index in [1.807, 2.05) is 12.3 Å². The van der Waals surface area contributed by atoms with Gasteiger partial charge in [0.25, 0.3) is 0 Å². The first-order valence-corrected chi connectivity index (χ1v) is 5.59. The first-order chi connectivity index (χ1) is 7.40. The summed E-state index contributed by atoms with van der Waals surface area (Å²) in [6, 6.07) is 1.93. The quantitative estimate of drug-likeness (QED) is 0.757. The highest BCUT2D eigenvalue weighted by atomic mass is 16.5. The molecule has 0 amide bonds. The third kappa shape index (κ3) is 2.69. The van der Waals surface area contributed by atoms with E-state index >= 15 is 0 Å². The molecule has 82 valence electrons. The topological polar surface area (TPSA) is 25.4 Å². The Bertz CT molecular complexity index is 308. The molecule has 0 unspecified atom stereocenters. The molecular weight excluding hydrogens is 188 g/mol. The van der Waals surface area contributed by atoms with E-state index in [-0.39, 0.29) is 0 Å². The summed E-state index contributed by atoms with van der Waals surface area (Å²) in [5.74, 6) is 0.954. The average Bonchev–Trinajstić information content (AvgIpc) is 2.31. The summed E-state index contributed by atoms with van der Waals surface area (Å²) in [4.78, 5) is 6.63. The summed E-state index contributed by atoms with van der Waals surface area (Å²) in [5.41, 5.74) is 1.20. The molecule has 0 atom stereocenters. The molecule has 0 saturated carbocycles. The Morgan fingerprint density at radius 1 is 1.33 bits per heavy atom. The zero-order chi connectivity index (χ0) is 10.5. The fraction of sp³-hybridized carbons (Fsp3) is 0.583. The van der Waals surface area contributed by atoms with Crippen LogP contribution in [-0.4, -0.2) is 30.1 Å². The van der Waals surface area contributed by atoms with Crippen molar-refractivity contribution in [1.29, 1.82) is 0 Å². The molecule has 0 N–H and O–H groups in total. The maximum Gasteiger partial charge on any atom is 0.126 e. The molecular formula is C12H18N2O. The molecule has 2 heterocycles. The second-order valence-corrected chi connectivity index (χ2v) is 4.02. The minimum atomic E-state index is 0.954. The fourth-order valence-corrected chi connectivity index (χ4v) is 2.09. The van der Waals surface area contributed by atoms with Crippen LogP contribution in [0.2, 0.25) is 0 Å². The minimum Gasteiger partial charge on any atom is -0.496 e. The van der Waals surface area contributed by atoms with E-state index in [0.717, 1.165) is 12.3 Å². The number of piperidine rings is 1. The molecule has 0 aromatic carbocycles. The number of likely N-dealkylation sites (tertiary alicyclic amines) is 1. The van der Waals surface area contributed by atoms with Crippen molar-refractivity contribution in [3.8, 4) is 5.75 Å². The van der Waals surface area contributed by atoms with Crippen LogP contribution in [0.3, 0.4) is 0 Å². The highest BCUT2D eigenvalue weighted by molar-refractivity contribution is 5.29. The van der Waals surface area contributed by atoms with Crippen LogP contribution in [0.1, 0.15) is 24.8 Å². The van der Waals surface area contributed by atoms with E-state index in [2.05, 4.69) is 9.88 Å². The molecule has 0 bridgehead atoms. The smallest absolute Gasteiger partial charge is 0.126 e. The molecule has 15 heavy (non-hydrogen) atoms. The maximum absolute atomic E-state index is 5.32. The van der Waals surface area contributed by atoms with E-state index in [9.17, 15) is 0 Å². The second-order valence-electron chi connectivity index (χ2n) is 4.02. The lowest BCUT2D eigenvalue weighted by Gasteiger charge is -2.26. The van der Waals surface area contributed by atoms with Crippen molar-refractivity contribution in [2.75, 3.05) is 20.2 Å². The summed E-state index contributed by atoms with van der Waals surface area (Å²) < 4.78 is 5.32. The van der Waals surface area contributed by atoms with Gasteiger partial charge in [-0.1, -0.05) is 6.42 Å². The van der Waals surface area contributed by atoms with Crippen LogP contribution >= 0.6 is 0 Å². The molecule has 1 saturated heterocycles. The van der Waals surface area contributed by atoms with Gasteiger partial charge in [-0.15, -0.1) is 0 Å². The van der Waals surface area contributed by atoms with Gasteiger partial charge in [-0.05, 0) is 32.0 Å². The summed E-state index contributed by atoms with van der Waals surface area (Å²) in [6.07, 6.45) is 7.71. The van der Waals surface area contributed by atoms with Crippen LogP contribution in [0.15, 0.2) is 18.5 Å². The number of pyridine rings is 1. The van der Waals surface area contributed by atoms with Gasteiger partial charge in [0, 0.05) is 24.5 Å². The van der Waals surface area contributed by atoms with Gasteiger partial charge in [0.1, 0.15) is 5.75 Å². The fourth-order valence-electron chi connectivity index (χ4n) is 2.09. The lowest BCUT2D eigenvalue weighted by atomic mass is 10.1. The Kier molecular flexibility index (Phi) is 3.56. The van der Waals surface area contributed by atoms with Gasteiger partial charge >= 0.3 is 0 Å². The third-order valence-electron chi connectivity index (χ3n) is 2.92. The molecule has 3 nitrogen and oxygen atoms in total. The van der Waals surface area contributed by atoms with E-state index in [0.29, 0.717) is 0 Å². The van der Waals surface area contributed by atoms with Crippen molar-refractivity contribution in [2.24, 2.45) is 0 Å². The molecule has 1 aliphatic heterocycles. The highest BCUT2D eigenvalue weighted by Gasteiger charge is 2.12. The van der Waals surface area contributed by atoms with Crippen molar-refractivity contribution in [1.82, 2.24) is 9.88 Å². The maximum atomic E-state index is 5.32. The van der Waals surface area contributed by atoms with Gasteiger partial charge in [0.15, 0.2) is 0 Å². The number of methoxy groups -OCH3 is 1. The number of rotatable bonds is 3. The molecule has 1 aromatic rings. The van der Waals surface area contributed by atoms with Crippen LogP contribution in [0.5, 0.6) is 5.75 Å². The Morgan fingerprint density at radius 2 is 2.13 bits per heavy atom. The van der Waals surface area contributed by atoms with Gasteiger partial charge in [-0.25, -0.2) is 0 Å². The third-order valence-corrected chi connectivity index (χ3v) is 2.92. The summed E-state index contributed by atoms with van der Waals surface area (Å²) in [6.45, 7) is 3.38. The van der Waals surface area contributed by atoms with Gasteiger partial charge in [0.05, 0.1) is 7.11 Å². The van der Waals surface area contributed by atoms with E-state index in [1.165, 1.54) is 37.9 Å². The van der Waals surface area contributed by atoms with Gasteiger partial charge < -0.3 is 4.74 Å². The number of hydrogen-bond acceptors (Lipinski definition) is 3. The number of ether oxygens (including phenoxy) is 1. The van der Waals surface area contributed by atoms with Crippen LogP contribution in [0, 0.1) is 0 Å². The second kappa shape index (κ2) is 5.12. The lowest BCUT2D eigenvalue weighted by Crippen LogP contribution is -2.29. The van der Waals surface area contributed by atoms with Crippen molar-refractivity contribution in [3.63, 3.8) is 0 Å². The lowest BCUT2D eigenvalue weighted by molar-refractivity contribution is 0.218. The Hall–Kier alpha value is -1.09. The summed E-state index contributed by atoms with van der Waals surface area (Å²) >= 11 is 0. The summed E-state index contributed by atoms with van der Waals surface area (Å²) in [5, 5.41) is 0. The monoisotopic (exact) mass is 206 g/mol. The SMILES string of the molecule is COc1ccncc1CN1CCCCC1. The van der Waals surface area contributed by atoms with Gasteiger partial charge in [0.2, 0.25) is 0 Å². The normalized spacial score (nSPS) is 17.7. The van der Waals surface area contributed by atoms with E-state index < -0.39 is 0 Å². The van der Waals surface area contributed by atoms with Gasteiger partial charge in [-0.2, -0.15) is 0 Å². The molecule has 3 heteroatoms. The zero-order valence-electron chi connectivity index (χ0n) is 9.28. The minimum absolute atomic E-state index is 0.954. The summed E-state index contributed by atoms with van der Waals surface area (Å²) in [7, 11) is 1.72. The predicted octanol–water partition coefficient (Wildman–Crippen LogP) is 2.08. The first-order valence-electron chi connectivity index (χ1n) is 5.59. The first kappa shape index (κ1) is 10.4. The molecule has 0 aliphatic carbocycles. The highest BCUT2D eigenvalue weighted by Crippen LogP contribution is 2.20. The van der Waals surface area contributed by atoms with Crippen LogP contribution in [0.25, 0.3) is 0 Å². The predicted molar refractivity (Wildman–Crippen MR) is 59.9 cm³/mol. The molecule has 2 rings (SSSR count). The molecule has 1 aliphatic rings. The number of aromatic nitrogens is 1. The Morgan fingerprint density at radius 3 is 2.87 bits per heavy atom. The standard InChI is InChI=1S/C12H18N2O/c1-15-12-5-6-13-9-11(12)10-14-7-3-2-4-8-14/h5-6,9H,2-4,7-8,10H2,1H3. The van der Waals surface area contributed by atoms with Crippen LogP contribution in [0.4, 0.5) is 0 Å². The zero-order valence-corrected chi connectivity index (χ0v) is 9.28. The average molecular weight is 206 g/mol. The molecule has 0 radical (unpaired) electrons. The van der Waals surface area contributed by atoms with E-state index in [4.69, 9.17) is 4.74 Å². The molecule has 0 spiro atoms. The molecule has 1 aromatic heterocycles. The van der Waals surface area contributed by atoms with Crippen molar-refractivity contribution >= 4 is 0 Å². The van der Waals surface area contributed by atoms with Crippen molar-refractivity contribution < 1.29 is 4.74 Å². The van der Waals surface area contributed by atoms with Crippen molar-refractivity contribution in [3.05, 3.63) is 24.0 Å². The van der Waals surface area contributed by atoms with Crippen LogP contribution in [-0.2, 0) is 6.54 Å². The number of nitrogens with zero attached hydrogens (tertiary/aromatic N) is 2. The largest absolute Gasteiger partial charge is 0.496 e.